The second kappa shape index (κ2) is 7.42. The molecular weight excluding hydrogens is 320 g/mol. The second-order valence-corrected chi connectivity index (χ2v) is 7.42. The monoisotopic (exact) mass is 350 g/mol. The average Bonchev–Trinajstić information content (AvgIpc) is 2.93. The number of carbonyl (C=O) groups is 1. The Hall–Kier alpha value is -2.11. The van der Waals surface area contributed by atoms with Gasteiger partial charge in [0.25, 0.3) is 0 Å². The lowest BCUT2D eigenvalue weighted by Crippen LogP contribution is -2.45. The van der Waals surface area contributed by atoms with Gasteiger partial charge in [0.15, 0.2) is 0 Å². The average molecular weight is 350 g/mol. The molecule has 2 rings (SSSR count). The van der Waals surface area contributed by atoms with Gasteiger partial charge in [-0.25, -0.2) is 4.79 Å². The van der Waals surface area contributed by atoms with Gasteiger partial charge in [0.1, 0.15) is 17.1 Å². The number of methoxy groups -OCH3 is 2. The summed E-state index contributed by atoms with van der Waals surface area (Å²) in [5, 5.41) is 0. The molecule has 1 aliphatic rings. The van der Waals surface area contributed by atoms with E-state index in [1.807, 2.05) is 50.9 Å². The summed E-state index contributed by atoms with van der Waals surface area (Å²) in [6.45, 7) is 8.41. The van der Waals surface area contributed by atoms with Crippen molar-refractivity contribution in [2.24, 2.45) is 0 Å². The summed E-state index contributed by atoms with van der Waals surface area (Å²) in [6, 6.07) is 6.01. The van der Waals surface area contributed by atoms with Crippen molar-refractivity contribution in [1.29, 1.82) is 0 Å². The van der Waals surface area contributed by atoms with E-state index in [0.717, 1.165) is 23.6 Å². The minimum atomic E-state index is -0.486. The number of ether oxygens (including phenoxy) is 3. The quantitative estimate of drug-likeness (QED) is 0.831. The van der Waals surface area contributed by atoms with Crippen LogP contribution in [0.4, 0.5) is 10.5 Å². The number of carbonyl (C=O) groups excluding carboxylic acids is 1. The van der Waals surface area contributed by atoms with Crippen LogP contribution in [0.25, 0.3) is 0 Å². The number of nitrogens with zero attached hydrogens (tertiary/aromatic N) is 2. The fourth-order valence-electron chi connectivity index (χ4n) is 3.27. The van der Waals surface area contributed by atoms with Gasteiger partial charge in [-0.1, -0.05) is 0 Å². The molecule has 0 aromatic heterocycles. The maximum absolute atomic E-state index is 12.4. The van der Waals surface area contributed by atoms with E-state index in [1.54, 1.807) is 14.2 Å². The number of benzene rings is 1. The summed E-state index contributed by atoms with van der Waals surface area (Å²) in [5.74, 6) is 1.51. The maximum Gasteiger partial charge on any atom is 0.410 e. The Balaban J connectivity index is 2.16. The minimum absolute atomic E-state index is 0.0478. The number of likely N-dealkylation sites (tertiary alicyclic amines) is 1. The highest BCUT2D eigenvalue weighted by atomic mass is 16.6. The number of anilines is 1. The highest BCUT2D eigenvalue weighted by Gasteiger charge is 2.38. The Morgan fingerprint density at radius 2 is 1.92 bits per heavy atom. The van der Waals surface area contributed by atoms with Crippen LogP contribution in [0.2, 0.25) is 0 Å². The molecule has 0 saturated carbocycles. The van der Waals surface area contributed by atoms with E-state index < -0.39 is 5.60 Å². The molecule has 0 bridgehead atoms. The van der Waals surface area contributed by atoms with Crippen molar-refractivity contribution in [1.82, 2.24) is 4.90 Å². The van der Waals surface area contributed by atoms with E-state index in [9.17, 15) is 4.79 Å². The zero-order valence-corrected chi connectivity index (χ0v) is 16.3. The molecule has 2 unspecified atom stereocenters. The topological polar surface area (TPSA) is 51.2 Å². The normalized spacial score (nSPS) is 20.4. The largest absolute Gasteiger partial charge is 0.497 e. The van der Waals surface area contributed by atoms with Crippen molar-refractivity contribution >= 4 is 11.8 Å². The molecule has 1 aromatic carbocycles. The molecule has 25 heavy (non-hydrogen) atoms. The Labute approximate surface area is 150 Å². The smallest absolute Gasteiger partial charge is 0.410 e. The fraction of sp³-hybridized carbons (Fsp3) is 0.632. The highest BCUT2D eigenvalue weighted by Crippen LogP contribution is 2.35. The Kier molecular flexibility index (Phi) is 5.70. The SMILES string of the molecule is COc1ccc(N(C)C2CCN(C(=O)OC(C)(C)C)C2C)c(OC)c1. The number of amides is 1. The van der Waals surface area contributed by atoms with Gasteiger partial charge in [-0.15, -0.1) is 0 Å². The number of rotatable bonds is 4. The standard InChI is InChI=1S/C19H30N2O4/c1-13-15(10-11-21(13)18(22)25-19(2,3)4)20(5)16-9-8-14(23-6)12-17(16)24-7/h8-9,12-13,15H,10-11H2,1-7H3. The van der Waals surface area contributed by atoms with Crippen molar-refractivity contribution < 1.29 is 19.0 Å². The Morgan fingerprint density at radius 3 is 2.48 bits per heavy atom. The maximum atomic E-state index is 12.4. The van der Waals surface area contributed by atoms with Crippen molar-refractivity contribution in [3.63, 3.8) is 0 Å². The summed E-state index contributed by atoms with van der Waals surface area (Å²) in [7, 11) is 5.32. The summed E-state index contributed by atoms with van der Waals surface area (Å²) >= 11 is 0. The lowest BCUT2D eigenvalue weighted by atomic mass is 10.1. The van der Waals surface area contributed by atoms with E-state index in [4.69, 9.17) is 14.2 Å². The van der Waals surface area contributed by atoms with Gasteiger partial charge < -0.3 is 24.0 Å². The van der Waals surface area contributed by atoms with Crippen LogP contribution in [0, 0.1) is 0 Å². The minimum Gasteiger partial charge on any atom is -0.497 e. The Morgan fingerprint density at radius 1 is 1.24 bits per heavy atom. The van der Waals surface area contributed by atoms with Crippen molar-refractivity contribution in [2.75, 3.05) is 32.7 Å². The first kappa shape index (κ1) is 19.2. The molecule has 6 heteroatoms. The van der Waals surface area contributed by atoms with E-state index in [2.05, 4.69) is 11.8 Å². The molecule has 1 saturated heterocycles. The van der Waals surface area contributed by atoms with Crippen LogP contribution in [0.15, 0.2) is 18.2 Å². The van der Waals surface area contributed by atoms with Gasteiger partial charge in [0.2, 0.25) is 0 Å². The van der Waals surface area contributed by atoms with Crippen LogP contribution in [-0.2, 0) is 4.74 Å². The molecule has 1 amide bonds. The third kappa shape index (κ3) is 4.30. The van der Waals surface area contributed by atoms with E-state index in [-0.39, 0.29) is 18.2 Å². The van der Waals surface area contributed by atoms with Gasteiger partial charge in [0.05, 0.1) is 32.0 Å². The number of likely N-dealkylation sites (N-methyl/N-ethyl adjacent to an activating group) is 1. The molecule has 1 fully saturated rings. The third-order valence-corrected chi connectivity index (χ3v) is 4.61. The summed E-state index contributed by atoms with van der Waals surface area (Å²) in [6.07, 6.45) is 0.629. The molecule has 6 nitrogen and oxygen atoms in total. The first-order valence-corrected chi connectivity index (χ1v) is 8.62. The lowest BCUT2D eigenvalue weighted by molar-refractivity contribution is 0.0233. The molecule has 1 heterocycles. The van der Waals surface area contributed by atoms with Crippen molar-refractivity contribution in [2.45, 2.75) is 51.8 Å². The van der Waals surface area contributed by atoms with Crippen LogP contribution >= 0.6 is 0 Å². The molecule has 140 valence electrons. The van der Waals surface area contributed by atoms with E-state index in [1.165, 1.54) is 0 Å². The predicted octanol–water partition coefficient (Wildman–Crippen LogP) is 3.54. The van der Waals surface area contributed by atoms with Crippen LogP contribution in [-0.4, -0.2) is 56.5 Å². The molecule has 1 aliphatic heterocycles. The van der Waals surface area contributed by atoms with E-state index in [0.29, 0.717) is 6.54 Å². The molecule has 0 radical (unpaired) electrons. The van der Waals surface area contributed by atoms with Gasteiger partial charge >= 0.3 is 6.09 Å². The van der Waals surface area contributed by atoms with Crippen LogP contribution in [0.1, 0.15) is 34.1 Å². The van der Waals surface area contributed by atoms with Crippen LogP contribution in [0.3, 0.4) is 0 Å². The first-order valence-electron chi connectivity index (χ1n) is 8.62. The summed E-state index contributed by atoms with van der Waals surface area (Å²) in [4.78, 5) is 16.4. The zero-order valence-electron chi connectivity index (χ0n) is 16.3. The summed E-state index contributed by atoms with van der Waals surface area (Å²) < 4.78 is 16.3. The molecular formula is C19H30N2O4. The fourth-order valence-corrected chi connectivity index (χ4v) is 3.27. The molecule has 0 N–H and O–H groups in total. The van der Waals surface area contributed by atoms with Crippen molar-refractivity contribution in [3.05, 3.63) is 18.2 Å². The number of hydrogen-bond acceptors (Lipinski definition) is 5. The van der Waals surface area contributed by atoms with Gasteiger partial charge in [-0.2, -0.15) is 0 Å². The third-order valence-electron chi connectivity index (χ3n) is 4.61. The van der Waals surface area contributed by atoms with Gasteiger partial charge in [-0.05, 0) is 46.2 Å². The predicted molar refractivity (Wildman–Crippen MR) is 98.8 cm³/mol. The van der Waals surface area contributed by atoms with E-state index >= 15 is 0 Å². The van der Waals surface area contributed by atoms with Crippen molar-refractivity contribution in [3.8, 4) is 11.5 Å². The van der Waals surface area contributed by atoms with Gasteiger partial charge in [-0.3, -0.25) is 0 Å². The second-order valence-electron chi connectivity index (χ2n) is 7.42. The summed E-state index contributed by atoms with van der Waals surface area (Å²) in [5.41, 5.74) is 0.492. The molecule has 2 atom stereocenters. The highest BCUT2D eigenvalue weighted by molar-refractivity contribution is 5.70. The van der Waals surface area contributed by atoms with Gasteiger partial charge in [0, 0.05) is 19.7 Å². The molecule has 0 spiro atoms. The molecule has 0 aliphatic carbocycles. The Bertz CT molecular complexity index is 612. The molecule has 1 aromatic rings. The lowest BCUT2D eigenvalue weighted by Gasteiger charge is -2.33. The van der Waals surface area contributed by atoms with Crippen LogP contribution < -0.4 is 14.4 Å². The first-order chi connectivity index (χ1) is 11.7. The number of hydrogen-bond donors (Lipinski definition) is 0. The zero-order chi connectivity index (χ0) is 18.8. The van der Waals surface area contributed by atoms with Crippen LogP contribution in [0.5, 0.6) is 11.5 Å².